The van der Waals surface area contributed by atoms with E-state index in [4.69, 9.17) is 27.9 Å². The van der Waals surface area contributed by atoms with Gasteiger partial charge in [-0.05, 0) is 50.5 Å². The van der Waals surface area contributed by atoms with Crippen LogP contribution in [0.1, 0.15) is 26.2 Å². The summed E-state index contributed by atoms with van der Waals surface area (Å²) in [5.41, 5.74) is 27.0. The summed E-state index contributed by atoms with van der Waals surface area (Å²) < 4.78 is 0. The minimum Gasteiger partial charge on any atom is -0.396 e. The molecule has 1 unspecified atom stereocenters. The first-order chi connectivity index (χ1) is 18.7. The van der Waals surface area contributed by atoms with E-state index in [1.807, 2.05) is 21.9 Å². The number of piperidine rings is 2. The quantitative estimate of drug-likeness (QED) is 0.252. The Balaban J connectivity index is 1.39. The first kappa shape index (κ1) is 27.1. The van der Waals surface area contributed by atoms with Crippen LogP contribution in [0.3, 0.4) is 0 Å². The largest absolute Gasteiger partial charge is 0.396 e. The highest BCUT2D eigenvalue weighted by atomic mass is 16.3. The Morgan fingerprint density at radius 3 is 1.87 bits per heavy atom. The second kappa shape index (κ2) is 11.4. The highest BCUT2D eigenvalue weighted by molar-refractivity contribution is 6.14. The van der Waals surface area contributed by atoms with Crippen molar-refractivity contribution >= 4 is 40.8 Å². The van der Waals surface area contributed by atoms with Gasteiger partial charge in [0.2, 0.25) is 17.8 Å². The molecule has 14 heteroatoms. The van der Waals surface area contributed by atoms with E-state index in [2.05, 4.69) is 20.4 Å². The summed E-state index contributed by atoms with van der Waals surface area (Å²) in [4.78, 5) is 30.9. The van der Waals surface area contributed by atoms with Crippen molar-refractivity contribution in [3.63, 3.8) is 0 Å². The Bertz CT molecular complexity index is 1140. The van der Waals surface area contributed by atoms with Gasteiger partial charge < -0.3 is 43.2 Å². The van der Waals surface area contributed by atoms with Gasteiger partial charge in [-0.15, -0.1) is 0 Å². The molecule has 5 rings (SSSR count). The van der Waals surface area contributed by atoms with Gasteiger partial charge in [0.25, 0.3) is 5.91 Å². The normalized spacial score (nSPS) is 27.6. The highest BCUT2D eigenvalue weighted by Crippen LogP contribution is 2.28. The number of hydrogen-bond donors (Lipinski definition) is 6. The zero-order chi connectivity index (χ0) is 27.7. The molecule has 2 saturated heterocycles. The molecule has 0 radical (unpaired) electrons. The van der Waals surface area contributed by atoms with Gasteiger partial charge in [0.15, 0.2) is 0 Å². The van der Waals surface area contributed by atoms with E-state index in [1.165, 1.54) is 5.01 Å². The number of hydrogen-bond acceptors (Lipinski definition) is 13. The molecule has 39 heavy (non-hydrogen) atoms. The summed E-state index contributed by atoms with van der Waals surface area (Å²) in [6.07, 6.45) is 1.84. The Morgan fingerprint density at radius 1 is 0.872 bits per heavy atom. The molecular weight excluding hydrogens is 500 g/mol. The Kier molecular flexibility index (Phi) is 7.91. The van der Waals surface area contributed by atoms with Crippen LogP contribution >= 0.6 is 0 Å². The predicted molar refractivity (Wildman–Crippen MR) is 151 cm³/mol. The van der Waals surface area contributed by atoms with Crippen molar-refractivity contribution in [2.75, 3.05) is 52.9 Å². The van der Waals surface area contributed by atoms with Gasteiger partial charge in [0.1, 0.15) is 0 Å². The lowest BCUT2D eigenvalue weighted by Gasteiger charge is -2.37. The lowest BCUT2D eigenvalue weighted by atomic mass is 10.0. The molecule has 4 heterocycles. The zero-order valence-electron chi connectivity index (χ0n) is 22.1. The van der Waals surface area contributed by atoms with Gasteiger partial charge in [-0.2, -0.15) is 20.1 Å². The van der Waals surface area contributed by atoms with Gasteiger partial charge in [-0.1, -0.05) is 0 Å². The number of aliphatic hydroxyl groups is 1. The lowest BCUT2D eigenvalue weighted by Crippen LogP contribution is -2.54. The molecule has 3 aliphatic rings. The number of carbonyl (C=O) groups is 1. The van der Waals surface area contributed by atoms with Crippen molar-refractivity contribution in [2.24, 2.45) is 34.0 Å². The van der Waals surface area contributed by atoms with Crippen LogP contribution in [0, 0.1) is 5.92 Å². The molecule has 210 valence electrons. The average Bonchev–Trinajstić information content (AvgIpc) is 3.16. The molecule has 1 amide bonds. The van der Waals surface area contributed by atoms with Crippen molar-refractivity contribution in [3.8, 4) is 0 Å². The van der Waals surface area contributed by atoms with Gasteiger partial charge in [-0.3, -0.25) is 4.79 Å². The lowest BCUT2D eigenvalue weighted by molar-refractivity contribution is -0.120. The van der Waals surface area contributed by atoms with Crippen LogP contribution in [0.15, 0.2) is 29.4 Å². The maximum Gasteiger partial charge on any atom is 0.256 e. The molecule has 2 fully saturated rings. The summed E-state index contributed by atoms with van der Waals surface area (Å²) in [6.45, 7) is 4.09. The molecule has 10 N–H and O–H groups in total. The van der Waals surface area contributed by atoms with E-state index >= 15 is 0 Å². The minimum absolute atomic E-state index is 0.0690. The summed E-state index contributed by atoms with van der Waals surface area (Å²) in [5.74, 6) is 0.781. The molecule has 1 aromatic heterocycles. The smallest absolute Gasteiger partial charge is 0.256 e. The summed E-state index contributed by atoms with van der Waals surface area (Å²) in [6, 6.07) is 6.94. The van der Waals surface area contributed by atoms with Crippen LogP contribution in [-0.2, 0) is 4.79 Å². The number of aromatic nitrogens is 3. The first-order valence-corrected chi connectivity index (χ1v) is 13.4. The molecule has 14 nitrogen and oxygen atoms in total. The maximum atomic E-state index is 12.8. The number of aliphatic hydroxyl groups excluding tert-OH is 1. The second-order valence-electron chi connectivity index (χ2n) is 10.7. The van der Waals surface area contributed by atoms with Crippen LogP contribution < -0.4 is 43.1 Å². The van der Waals surface area contributed by atoms with Crippen molar-refractivity contribution in [2.45, 2.75) is 50.4 Å². The molecule has 2 aromatic rings. The van der Waals surface area contributed by atoms with Gasteiger partial charge in [0.05, 0.1) is 11.6 Å². The number of rotatable bonds is 7. The fourth-order valence-electron chi connectivity index (χ4n) is 5.44. The first-order valence-electron chi connectivity index (χ1n) is 13.4. The minimum atomic E-state index is -0.401. The van der Waals surface area contributed by atoms with Crippen molar-refractivity contribution < 1.29 is 9.90 Å². The van der Waals surface area contributed by atoms with Gasteiger partial charge in [-0.25, -0.2) is 5.01 Å². The summed E-state index contributed by atoms with van der Waals surface area (Å²) >= 11 is 0. The third-order valence-electron chi connectivity index (χ3n) is 7.26. The maximum absolute atomic E-state index is 12.8. The van der Waals surface area contributed by atoms with E-state index in [1.54, 1.807) is 19.1 Å². The Labute approximate surface area is 227 Å². The van der Waals surface area contributed by atoms with Crippen molar-refractivity contribution in [3.05, 3.63) is 24.3 Å². The predicted octanol–water partition coefficient (Wildman–Crippen LogP) is -0.934. The van der Waals surface area contributed by atoms with Crippen LogP contribution in [0.5, 0.6) is 0 Å². The van der Waals surface area contributed by atoms with E-state index in [9.17, 15) is 9.90 Å². The van der Waals surface area contributed by atoms with Crippen LogP contribution in [-0.4, -0.2) is 88.6 Å². The molecule has 1 aromatic carbocycles. The van der Waals surface area contributed by atoms with E-state index in [-0.39, 0.29) is 36.7 Å². The van der Waals surface area contributed by atoms with E-state index in [0.717, 1.165) is 18.5 Å². The Hall–Kier alpha value is -3.43. The van der Waals surface area contributed by atoms with Crippen molar-refractivity contribution in [1.29, 1.82) is 0 Å². The highest BCUT2D eigenvalue weighted by Gasteiger charge is 2.34. The fraction of sp³-hybridized carbons (Fsp3) is 0.560. The monoisotopic (exact) mass is 538 g/mol. The number of anilines is 5. The standard InChI is InChI=1S/C25H38N12O2/c1-14-21(6-7-38)22(39)37(34-14)20-4-2-19(3-5-20)30-23-31-24(35-10-15(26)8-16(27)11-35)33-25(32-23)36-12-17(28)9-18(29)13-36/h2-5,15-18,21,38H,6-13,26-29H2,1H3,(H,30,31,32,33)/t15-,16+,17-,18+,21?. The topological polar surface area (TPSA) is 214 Å². The van der Waals surface area contributed by atoms with Crippen LogP contribution in [0.2, 0.25) is 0 Å². The molecule has 0 spiro atoms. The third kappa shape index (κ3) is 6.09. The molecule has 0 saturated carbocycles. The fourth-order valence-corrected chi connectivity index (χ4v) is 5.44. The number of benzene rings is 1. The Morgan fingerprint density at radius 2 is 1.38 bits per heavy atom. The molecule has 5 atom stereocenters. The number of nitrogens with one attached hydrogen (secondary N) is 1. The van der Waals surface area contributed by atoms with Gasteiger partial charge >= 0.3 is 0 Å². The van der Waals surface area contributed by atoms with E-state index < -0.39 is 5.92 Å². The number of nitrogens with zero attached hydrogens (tertiary/aromatic N) is 7. The average molecular weight is 539 g/mol. The molecule has 0 aliphatic carbocycles. The molecule has 3 aliphatic heterocycles. The summed E-state index contributed by atoms with van der Waals surface area (Å²) in [5, 5.41) is 18.3. The number of nitrogens with two attached hydrogens (primary N) is 4. The molecular formula is C25H38N12O2. The number of hydrazone groups is 1. The van der Waals surface area contributed by atoms with Crippen LogP contribution in [0.4, 0.5) is 29.2 Å². The number of carbonyl (C=O) groups excluding carboxylic acids is 1. The molecule has 0 bridgehead atoms. The van der Waals surface area contributed by atoms with Crippen LogP contribution in [0.25, 0.3) is 0 Å². The zero-order valence-corrected chi connectivity index (χ0v) is 22.1. The van der Waals surface area contributed by atoms with E-state index in [0.29, 0.717) is 61.8 Å². The summed E-state index contributed by atoms with van der Waals surface area (Å²) in [7, 11) is 0. The number of amides is 1. The third-order valence-corrected chi connectivity index (χ3v) is 7.26. The SMILES string of the molecule is CC1=NN(c2ccc(Nc3nc(N4C[C@H](N)C[C@H](N)C4)nc(N4C[C@H](N)C[C@H](N)C4)n3)cc2)C(=O)C1CCO. The van der Waals surface area contributed by atoms with Gasteiger partial charge in [0, 0.05) is 68.4 Å². The van der Waals surface area contributed by atoms with Crippen molar-refractivity contribution in [1.82, 2.24) is 15.0 Å². The second-order valence-corrected chi connectivity index (χ2v) is 10.7.